The highest BCUT2D eigenvalue weighted by atomic mass is 16.7. The fourth-order valence-corrected chi connectivity index (χ4v) is 2.72. The van der Waals surface area contributed by atoms with Gasteiger partial charge < -0.3 is 9.47 Å². The molecule has 1 amide bonds. The van der Waals surface area contributed by atoms with Gasteiger partial charge in [-0.2, -0.15) is 0 Å². The molecule has 1 aromatic carbocycles. The Hall–Kier alpha value is -2.67. The number of esters is 2. The lowest BCUT2D eigenvalue weighted by Crippen LogP contribution is -2.42. The van der Waals surface area contributed by atoms with Gasteiger partial charge >= 0.3 is 11.9 Å². The summed E-state index contributed by atoms with van der Waals surface area (Å²) in [5.41, 5.74) is 1.72. The zero-order valence-electron chi connectivity index (χ0n) is 16.6. The van der Waals surface area contributed by atoms with Crippen LogP contribution in [0.2, 0.25) is 0 Å². The normalized spacial score (nSPS) is 15.4. The molecule has 152 valence electrons. The predicted octanol–water partition coefficient (Wildman–Crippen LogP) is 2.76. The SMILES string of the molecule is CCCCOC(=O)C(C)CN1OCC(COC(C)=O)=C(c2ccccc2)C1=O. The molecule has 0 aromatic heterocycles. The van der Waals surface area contributed by atoms with Crippen LogP contribution in [0.3, 0.4) is 0 Å². The number of rotatable bonds is 9. The van der Waals surface area contributed by atoms with E-state index >= 15 is 0 Å². The number of carbonyl (C=O) groups is 3. The van der Waals surface area contributed by atoms with Gasteiger partial charge in [0.15, 0.2) is 0 Å². The van der Waals surface area contributed by atoms with Gasteiger partial charge in [0.1, 0.15) is 13.2 Å². The van der Waals surface area contributed by atoms with Gasteiger partial charge in [-0.1, -0.05) is 50.6 Å². The molecule has 0 aliphatic carbocycles. The van der Waals surface area contributed by atoms with Gasteiger partial charge in [0.05, 0.1) is 24.6 Å². The number of ether oxygens (including phenoxy) is 2. The number of hydroxylamine groups is 2. The van der Waals surface area contributed by atoms with Crippen molar-refractivity contribution in [1.82, 2.24) is 5.06 Å². The van der Waals surface area contributed by atoms with Crippen molar-refractivity contribution in [2.45, 2.75) is 33.6 Å². The summed E-state index contributed by atoms with van der Waals surface area (Å²) in [6, 6.07) is 9.13. The molecule has 1 heterocycles. The van der Waals surface area contributed by atoms with Gasteiger partial charge in [-0.25, -0.2) is 5.06 Å². The van der Waals surface area contributed by atoms with E-state index in [1.165, 1.54) is 12.0 Å². The third kappa shape index (κ3) is 5.92. The lowest BCUT2D eigenvalue weighted by atomic mass is 9.98. The second-order valence-corrected chi connectivity index (χ2v) is 6.69. The third-order valence-electron chi connectivity index (χ3n) is 4.28. The van der Waals surface area contributed by atoms with Crippen molar-refractivity contribution < 1.29 is 28.7 Å². The van der Waals surface area contributed by atoms with Gasteiger partial charge in [-0.05, 0) is 12.0 Å². The summed E-state index contributed by atoms with van der Waals surface area (Å²) >= 11 is 0. The fourth-order valence-electron chi connectivity index (χ4n) is 2.72. The van der Waals surface area contributed by atoms with E-state index in [1.807, 2.05) is 37.3 Å². The summed E-state index contributed by atoms with van der Waals surface area (Å²) in [6.45, 7) is 5.56. The largest absolute Gasteiger partial charge is 0.465 e. The topological polar surface area (TPSA) is 82.1 Å². The first-order valence-electron chi connectivity index (χ1n) is 9.46. The van der Waals surface area contributed by atoms with Crippen LogP contribution < -0.4 is 0 Å². The van der Waals surface area contributed by atoms with Crippen LogP contribution in [0.4, 0.5) is 0 Å². The van der Waals surface area contributed by atoms with E-state index in [0.717, 1.165) is 12.8 Å². The Morgan fingerprint density at radius 2 is 1.93 bits per heavy atom. The average molecular weight is 389 g/mol. The highest BCUT2D eigenvalue weighted by molar-refractivity contribution is 6.20. The van der Waals surface area contributed by atoms with E-state index < -0.39 is 11.9 Å². The van der Waals surface area contributed by atoms with Crippen LogP contribution in [-0.4, -0.2) is 49.3 Å². The Morgan fingerprint density at radius 3 is 2.57 bits per heavy atom. The number of amides is 1. The standard InChI is InChI=1S/C21H27NO6/c1-4-5-11-26-21(25)15(2)12-22-20(24)19(17-9-7-6-8-10-17)18(14-28-22)13-27-16(3)23/h6-10,15H,4-5,11-14H2,1-3H3. The molecule has 0 spiro atoms. The number of hydrogen-bond donors (Lipinski definition) is 0. The first kappa shape index (κ1) is 21.6. The first-order chi connectivity index (χ1) is 13.4. The van der Waals surface area contributed by atoms with Gasteiger partial charge in [0, 0.05) is 12.5 Å². The monoisotopic (exact) mass is 389 g/mol. The lowest BCUT2D eigenvalue weighted by Gasteiger charge is -2.31. The molecule has 1 atom stereocenters. The summed E-state index contributed by atoms with van der Waals surface area (Å²) in [7, 11) is 0. The minimum absolute atomic E-state index is 0.0201. The Labute approximate surface area is 165 Å². The van der Waals surface area contributed by atoms with Crippen LogP contribution in [0.1, 0.15) is 39.2 Å². The Kier molecular flexibility index (Phi) is 8.19. The average Bonchev–Trinajstić information content (AvgIpc) is 2.68. The highest BCUT2D eigenvalue weighted by Gasteiger charge is 2.32. The summed E-state index contributed by atoms with van der Waals surface area (Å²) < 4.78 is 10.3. The van der Waals surface area contributed by atoms with Gasteiger partial charge in [-0.15, -0.1) is 0 Å². The molecular weight excluding hydrogens is 362 g/mol. The maximum absolute atomic E-state index is 13.0. The molecule has 0 saturated carbocycles. The smallest absolute Gasteiger partial charge is 0.310 e. The van der Waals surface area contributed by atoms with E-state index in [0.29, 0.717) is 23.3 Å². The first-order valence-corrected chi connectivity index (χ1v) is 9.46. The van der Waals surface area contributed by atoms with Crippen molar-refractivity contribution in [3.8, 4) is 0 Å². The number of nitrogens with zero attached hydrogens (tertiary/aromatic N) is 1. The molecule has 0 N–H and O–H groups in total. The summed E-state index contributed by atoms with van der Waals surface area (Å²) in [4.78, 5) is 41.9. The molecule has 0 saturated heterocycles. The van der Waals surface area contributed by atoms with Crippen molar-refractivity contribution in [3.63, 3.8) is 0 Å². The Bertz CT molecular complexity index is 728. The van der Waals surface area contributed by atoms with Crippen molar-refractivity contribution in [3.05, 3.63) is 41.5 Å². The molecule has 1 unspecified atom stereocenters. The quantitative estimate of drug-likeness (QED) is 0.477. The maximum Gasteiger partial charge on any atom is 0.310 e. The molecule has 0 radical (unpaired) electrons. The molecule has 28 heavy (non-hydrogen) atoms. The summed E-state index contributed by atoms with van der Waals surface area (Å²) in [6.07, 6.45) is 1.74. The molecular formula is C21H27NO6. The van der Waals surface area contributed by atoms with E-state index in [-0.39, 0.29) is 31.6 Å². The molecule has 7 heteroatoms. The molecule has 1 aliphatic heterocycles. The Morgan fingerprint density at radius 1 is 1.21 bits per heavy atom. The van der Waals surface area contributed by atoms with Crippen LogP contribution in [0.5, 0.6) is 0 Å². The Balaban J connectivity index is 2.15. The zero-order chi connectivity index (χ0) is 20.5. The second kappa shape index (κ2) is 10.6. The van der Waals surface area contributed by atoms with Crippen molar-refractivity contribution in [1.29, 1.82) is 0 Å². The van der Waals surface area contributed by atoms with Crippen LogP contribution in [0.25, 0.3) is 5.57 Å². The minimum atomic E-state index is -0.521. The van der Waals surface area contributed by atoms with Crippen LogP contribution in [-0.2, 0) is 28.7 Å². The van der Waals surface area contributed by atoms with Crippen molar-refractivity contribution >= 4 is 23.4 Å². The van der Waals surface area contributed by atoms with Gasteiger partial charge in [0.2, 0.25) is 0 Å². The van der Waals surface area contributed by atoms with E-state index in [2.05, 4.69) is 0 Å². The minimum Gasteiger partial charge on any atom is -0.465 e. The lowest BCUT2D eigenvalue weighted by molar-refractivity contribution is -0.186. The van der Waals surface area contributed by atoms with E-state index in [9.17, 15) is 14.4 Å². The summed E-state index contributed by atoms with van der Waals surface area (Å²) in [5.74, 6) is -1.68. The van der Waals surface area contributed by atoms with Crippen molar-refractivity contribution in [2.75, 3.05) is 26.4 Å². The maximum atomic E-state index is 13.0. The molecule has 7 nitrogen and oxygen atoms in total. The molecule has 1 aromatic rings. The number of carbonyl (C=O) groups excluding carboxylic acids is 3. The van der Waals surface area contributed by atoms with Crippen LogP contribution in [0, 0.1) is 5.92 Å². The third-order valence-corrected chi connectivity index (χ3v) is 4.28. The van der Waals surface area contributed by atoms with E-state index in [1.54, 1.807) is 6.92 Å². The molecule has 0 bridgehead atoms. The summed E-state index contributed by atoms with van der Waals surface area (Å²) in [5, 5.41) is 1.19. The molecule has 1 aliphatic rings. The second-order valence-electron chi connectivity index (χ2n) is 6.69. The predicted molar refractivity (Wildman–Crippen MR) is 103 cm³/mol. The van der Waals surface area contributed by atoms with Crippen LogP contribution in [0.15, 0.2) is 35.9 Å². The van der Waals surface area contributed by atoms with E-state index in [4.69, 9.17) is 14.3 Å². The molecule has 2 rings (SSSR count). The number of benzene rings is 1. The van der Waals surface area contributed by atoms with Gasteiger partial charge in [-0.3, -0.25) is 19.2 Å². The highest BCUT2D eigenvalue weighted by Crippen LogP contribution is 2.27. The molecule has 0 fully saturated rings. The fraction of sp³-hybridized carbons (Fsp3) is 0.476. The zero-order valence-corrected chi connectivity index (χ0v) is 16.6. The van der Waals surface area contributed by atoms with Crippen LogP contribution >= 0.6 is 0 Å². The van der Waals surface area contributed by atoms with Gasteiger partial charge in [0.25, 0.3) is 5.91 Å². The van der Waals surface area contributed by atoms with Crippen molar-refractivity contribution in [2.24, 2.45) is 5.92 Å². The number of hydrogen-bond acceptors (Lipinski definition) is 6. The number of unbranched alkanes of at least 4 members (excludes halogenated alkanes) is 1.